The monoisotopic (exact) mass is 357 g/mol. The van der Waals surface area contributed by atoms with E-state index >= 15 is 0 Å². The van der Waals surface area contributed by atoms with Gasteiger partial charge in [0.1, 0.15) is 11.6 Å². The van der Waals surface area contributed by atoms with Crippen LogP contribution in [0.3, 0.4) is 0 Å². The molecule has 1 atom stereocenters. The van der Waals surface area contributed by atoms with Crippen LogP contribution < -0.4 is 14.2 Å². The number of methoxy groups -OCH3 is 1. The summed E-state index contributed by atoms with van der Waals surface area (Å²) in [4.78, 5) is 7.06. The zero-order valence-electron chi connectivity index (χ0n) is 15.6. The van der Waals surface area contributed by atoms with Crippen molar-refractivity contribution in [3.05, 3.63) is 35.9 Å². The van der Waals surface area contributed by atoms with Crippen LogP contribution in [0, 0.1) is 0 Å². The summed E-state index contributed by atoms with van der Waals surface area (Å²) in [7, 11) is 3.79. The molecule has 0 unspecified atom stereocenters. The lowest BCUT2D eigenvalue weighted by molar-refractivity contribution is 0.130. The molecule has 6 heteroatoms. The molecule has 140 valence electrons. The summed E-state index contributed by atoms with van der Waals surface area (Å²) < 4.78 is 18.8. The first-order valence-electron chi connectivity index (χ1n) is 9.41. The number of imidazole rings is 1. The standard InChI is InChI=1S/C20H27N3O3/c1-22-10-8-21-20(22)7-6-16-5-3-4-9-23(16)13-15-11-18-19(26-14-25-18)12-17(15)24-2/h8,10-12,16H,3-7,9,13-14H2,1-2H3/t16-/m0/s1. The van der Waals surface area contributed by atoms with Crippen LogP contribution in [0.25, 0.3) is 0 Å². The van der Waals surface area contributed by atoms with Crippen LogP contribution in [0.1, 0.15) is 37.1 Å². The van der Waals surface area contributed by atoms with Crippen LogP contribution >= 0.6 is 0 Å². The Morgan fingerprint density at radius 1 is 1.23 bits per heavy atom. The number of likely N-dealkylation sites (tertiary alicyclic amines) is 1. The summed E-state index contributed by atoms with van der Waals surface area (Å²) in [5, 5.41) is 0. The Bertz CT molecular complexity index is 759. The predicted molar refractivity (Wildman–Crippen MR) is 98.7 cm³/mol. The molecule has 0 N–H and O–H groups in total. The lowest BCUT2D eigenvalue weighted by Gasteiger charge is -2.36. The van der Waals surface area contributed by atoms with Gasteiger partial charge in [0, 0.05) is 50.1 Å². The molecule has 26 heavy (non-hydrogen) atoms. The SMILES string of the molecule is COc1cc2c(cc1CN1CCCC[C@H]1CCc1nccn1C)OCO2. The topological polar surface area (TPSA) is 48.8 Å². The lowest BCUT2D eigenvalue weighted by Crippen LogP contribution is -2.39. The van der Waals surface area contributed by atoms with Gasteiger partial charge in [-0.15, -0.1) is 0 Å². The fourth-order valence-electron chi connectivity index (χ4n) is 4.03. The van der Waals surface area contributed by atoms with Crippen LogP contribution in [-0.2, 0) is 20.0 Å². The first-order valence-corrected chi connectivity index (χ1v) is 9.41. The minimum Gasteiger partial charge on any atom is -0.496 e. The second-order valence-electron chi connectivity index (χ2n) is 7.13. The van der Waals surface area contributed by atoms with Crippen molar-refractivity contribution in [3.8, 4) is 17.2 Å². The van der Waals surface area contributed by atoms with Gasteiger partial charge in [-0.3, -0.25) is 4.90 Å². The Hall–Kier alpha value is -2.21. The number of benzene rings is 1. The zero-order valence-corrected chi connectivity index (χ0v) is 15.6. The van der Waals surface area contributed by atoms with Crippen LogP contribution in [-0.4, -0.2) is 40.9 Å². The molecule has 0 bridgehead atoms. The van der Waals surface area contributed by atoms with Crippen molar-refractivity contribution < 1.29 is 14.2 Å². The van der Waals surface area contributed by atoms with E-state index < -0.39 is 0 Å². The summed E-state index contributed by atoms with van der Waals surface area (Å²) in [5.74, 6) is 3.64. The molecule has 0 spiro atoms. The smallest absolute Gasteiger partial charge is 0.231 e. The highest BCUT2D eigenvalue weighted by molar-refractivity contribution is 5.51. The van der Waals surface area contributed by atoms with Crippen LogP contribution in [0.4, 0.5) is 0 Å². The summed E-state index contributed by atoms with van der Waals surface area (Å²) in [6.45, 7) is 2.30. The first-order chi connectivity index (χ1) is 12.7. The molecule has 0 amide bonds. The molecule has 1 saturated heterocycles. The van der Waals surface area contributed by atoms with E-state index in [2.05, 4.69) is 27.6 Å². The molecule has 6 nitrogen and oxygen atoms in total. The van der Waals surface area contributed by atoms with Gasteiger partial charge in [-0.2, -0.15) is 0 Å². The molecule has 4 rings (SSSR count). The molecule has 1 aromatic heterocycles. The van der Waals surface area contributed by atoms with Crippen LogP contribution in [0.5, 0.6) is 17.2 Å². The van der Waals surface area contributed by atoms with Crippen LogP contribution in [0.15, 0.2) is 24.5 Å². The molecular weight excluding hydrogens is 330 g/mol. The predicted octanol–water partition coefficient (Wildman–Crippen LogP) is 3.14. The Morgan fingerprint density at radius 3 is 2.85 bits per heavy atom. The molecule has 3 heterocycles. The zero-order chi connectivity index (χ0) is 17.9. The molecular formula is C20H27N3O3. The molecule has 0 saturated carbocycles. The van der Waals surface area contributed by atoms with E-state index in [4.69, 9.17) is 14.2 Å². The van der Waals surface area contributed by atoms with Gasteiger partial charge in [0.2, 0.25) is 6.79 Å². The average molecular weight is 357 g/mol. The van der Waals surface area contributed by atoms with Gasteiger partial charge < -0.3 is 18.8 Å². The third-order valence-electron chi connectivity index (χ3n) is 5.52. The second-order valence-corrected chi connectivity index (χ2v) is 7.13. The number of rotatable bonds is 6. The Labute approximate surface area is 154 Å². The lowest BCUT2D eigenvalue weighted by atomic mass is 9.96. The molecule has 2 aromatic rings. The fraction of sp³-hybridized carbons (Fsp3) is 0.550. The van der Waals surface area contributed by atoms with Gasteiger partial charge in [0.15, 0.2) is 11.5 Å². The summed E-state index contributed by atoms with van der Waals surface area (Å²) >= 11 is 0. The number of fused-ring (bicyclic) bond motifs is 1. The normalized spacial score (nSPS) is 19.7. The van der Waals surface area contributed by atoms with Crippen molar-refractivity contribution in [2.75, 3.05) is 20.4 Å². The third-order valence-corrected chi connectivity index (χ3v) is 5.52. The average Bonchev–Trinajstić information content (AvgIpc) is 3.28. The number of piperidine rings is 1. The van der Waals surface area contributed by atoms with Crippen molar-refractivity contribution in [1.29, 1.82) is 0 Å². The number of aromatic nitrogens is 2. The van der Waals surface area contributed by atoms with Gasteiger partial charge in [-0.1, -0.05) is 6.42 Å². The summed E-state index contributed by atoms with van der Waals surface area (Å²) in [6.07, 6.45) is 9.86. The van der Waals surface area contributed by atoms with Crippen molar-refractivity contribution in [3.63, 3.8) is 0 Å². The maximum absolute atomic E-state index is 5.61. The van der Waals surface area contributed by atoms with E-state index in [1.54, 1.807) is 7.11 Å². The Kier molecular flexibility index (Phi) is 5.02. The molecule has 0 radical (unpaired) electrons. The highest BCUT2D eigenvalue weighted by Gasteiger charge is 2.25. The highest BCUT2D eigenvalue weighted by Crippen LogP contribution is 2.39. The van der Waals surface area contributed by atoms with Crippen LogP contribution in [0.2, 0.25) is 0 Å². The first kappa shape index (κ1) is 17.2. The number of hydrogen-bond donors (Lipinski definition) is 0. The second kappa shape index (κ2) is 7.58. The van der Waals surface area contributed by atoms with E-state index in [0.717, 1.165) is 49.0 Å². The minimum absolute atomic E-state index is 0.290. The van der Waals surface area contributed by atoms with E-state index in [1.807, 2.05) is 18.5 Å². The minimum atomic E-state index is 0.290. The van der Waals surface area contributed by atoms with Gasteiger partial charge in [-0.25, -0.2) is 4.98 Å². The Morgan fingerprint density at radius 2 is 2.08 bits per heavy atom. The number of ether oxygens (including phenoxy) is 3. The van der Waals surface area contributed by atoms with Gasteiger partial charge >= 0.3 is 0 Å². The molecule has 1 fully saturated rings. The quantitative estimate of drug-likeness (QED) is 0.795. The summed E-state index contributed by atoms with van der Waals surface area (Å²) in [6, 6.07) is 4.60. The molecule has 2 aliphatic rings. The van der Waals surface area contributed by atoms with Crippen molar-refractivity contribution >= 4 is 0 Å². The van der Waals surface area contributed by atoms with Gasteiger partial charge in [0.05, 0.1) is 7.11 Å². The molecule has 2 aliphatic heterocycles. The summed E-state index contributed by atoms with van der Waals surface area (Å²) in [5.41, 5.74) is 1.17. The van der Waals surface area contributed by atoms with E-state index in [-0.39, 0.29) is 6.79 Å². The van der Waals surface area contributed by atoms with Gasteiger partial charge in [-0.05, 0) is 31.9 Å². The van der Waals surface area contributed by atoms with Crippen molar-refractivity contribution in [2.45, 2.75) is 44.7 Å². The number of hydrogen-bond acceptors (Lipinski definition) is 5. The Balaban J connectivity index is 1.47. The van der Waals surface area contributed by atoms with E-state index in [0.29, 0.717) is 6.04 Å². The maximum atomic E-state index is 5.61. The number of aryl methyl sites for hydroxylation is 2. The van der Waals surface area contributed by atoms with Crippen molar-refractivity contribution in [2.24, 2.45) is 7.05 Å². The third kappa shape index (κ3) is 3.51. The number of nitrogens with zero attached hydrogens (tertiary/aromatic N) is 3. The molecule has 0 aliphatic carbocycles. The van der Waals surface area contributed by atoms with Crippen molar-refractivity contribution in [1.82, 2.24) is 14.5 Å². The highest BCUT2D eigenvalue weighted by atomic mass is 16.7. The van der Waals surface area contributed by atoms with E-state index in [9.17, 15) is 0 Å². The molecule has 1 aromatic carbocycles. The van der Waals surface area contributed by atoms with E-state index in [1.165, 1.54) is 24.8 Å². The van der Waals surface area contributed by atoms with Gasteiger partial charge in [0.25, 0.3) is 0 Å². The fourth-order valence-corrected chi connectivity index (χ4v) is 4.03. The maximum Gasteiger partial charge on any atom is 0.231 e. The largest absolute Gasteiger partial charge is 0.496 e.